The van der Waals surface area contributed by atoms with Crippen molar-refractivity contribution >= 4 is 11.8 Å². The van der Waals surface area contributed by atoms with Crippen LogP contribution in [-0.2, 0) is 20.5 Å². The van der Waals surface area contributed by atoms with Gasteiger partial charge in [-0.1, -0.05) is 42.5 Å². The van der Waals surface area contributed by atoms with Crippen molar-refractivity contribution in [3.8, 4) is 11.3 Å². The molecular weight excluding hydrogens is 438 g/mol. The lowest BCUT2D eigenvalue weighted by molar-refractivity contribution is 0.0723. The van der Waals surface area contributed by atoms with Crippen molar-refractivity contribution in [3.05, 3.63) is 102 Å². The van der Waals surface area contributed by atoms with Crippen molar-refractivity contribution in [2.75, 3.05) is 13.6 Å². The van der Waals surface area contributed by atoms with Gasteiger partial charge in [-0.3, -0.25) is 14.3 Å². The van der Waals surface area contributed by atoms with E-state index in [4.69, 9.17) is 0 Å². The third-order valence-corrected chi connectivity index (χ3v) is 6.35. The number of aryl methyl sites for hydroxylation is 2. The summed E-state index contributed by atoms with van der Waals surface area (Å²) in [7, 11) is 5.57. The van der Waals surface area contributed by atoms with Crippen molar-refractivity contribution in [2.24, 2.45) is 14.1 Å². The molecule has 0 bridgehead atoms. The number of likely N-dealkylation sites (N-methyl/N-ethyl adjacent to an activating group) is 1. The molecule has 0 saturated carbocycles. The summed E-state index contributed by atoms with van der Waals surface area (Å²) in [4.78, 5) is 27.9. The quantitative estimate of drug-likeness (QED) is 0.404. The van der Waals surface area contributed by atoms with Gasteiger partial charge in [0.25, 0.3) is 11.8 Å². The van der Waals surface area contributed by atoms with Gasteiger partial charge in [0.2, 0.25) is 0 Å². The molecule has 2 amide bonds. The Hall–Kier alpha value is -4.13. The Morgan fingerprint density at radius 1 is 1.00 bits per heavy atom. The zero-order chi connectivity index (χ0) is 24.8. The van der Waals surface area contributed by atoms with Gasteiger partial charge >= 0.3 is 0 Å². The van der Waals surface area contributed by atoms with E-state index in [-0.39, 0.29) is 17.9 Å². The van der Waals surface area contributed by atoms with Crippen molar-refractivity contribution in [2.45, 2.75) is 18.9 Å². The Morgan fingerprint density at radius 3 is 2.49 bits per heavy atom. The lowest BCUT2D eigenvalue weighted by atomic mass is 10.0. The minimum absolute atomic E-state index is 0.0521. The SMILES string of the molecule is CN(C(=O)c1cccc(-c2ccnn2C)c1)C(CCNC(=O)c1cccn1C)Cc1ccccc1. The molecule has 7 heteroatoms. The van der Waals surface area contributed by atoms with Crippen LogP contribution in [0.25, 0.3) is 11.3 Å². The molecule has 4 rings (SSSR count). The maximum Gasteiger partial charge on any atom is 0.267 e. The minimum Gasteiger partial charge on any atom is -0.351 e. The highest BCUT2D eigenvalue weighted by Crippen LogP contribution is 2.21. The van der Waals surface area contributed by atoms with Gasteiger partial charge in [0.15, 0.2) is 0 Å². The molecule has 0 radical (unpaired) electrons. The summed E-state index contributed by atoms with van der Waals surface area (Å²) in [6, 6.07) is 23.2. The van der Waals surface area contributed by atoms with Crippen LogP contribution < -0.4 is 5.32 Å². The van der Waals surface area contributed by atoms with E-state index in [1.807, 2.05) is 81.9 Å². The number of hydrogen-bond donors (Lipinski definition) is 1. The molecule has 7 nitrogen and oxygen atoms in total. The molecule has 0 aliphatic carbocycles. The predicted octanol–water partition coefficient (Wildman–Crippen LogP) is 3.93. The number of benzene rings is 2. The number of rotatable bonds is 9. The van der Waals surface area contributed by atoms with E-state index in [1.165, 1.54) is 0 Å². The molecular formula is C28H31N5O2. The molecule has 180 valence electrons. The summed E-state index contributed by atoms with van der Waals surface area (Å²) >= 11 is 0. The molecule has 35 heavy (non-hydrogen) atoms. The predicted molar refractivity (Wildman–Crippen MR) is 137 cm³/mol. The lowest BCUT2D eigenvalue weighted by Gasteiger charge is -2.29. The van der Waals surface area contributed by atoms with E-state index in [1.54, 1.807) is 26.4 Å². The number of nitrogens with one attached hydrogen (secondary N) is 1. The average Bonchev–Trinajstić information content (AvgIpc) is 3.51. The van der Waals surface area contributed by atoms with Crippen LogP contribution in [0.2, 0.25) is 0 Å². The number of carbonyl (C=O) groups excluding carboxylic acids is 2. The second kappa shape index (κ2) is 10.9. The fourth-order valence-corrected chi connectivity index (χ4v) is 4.30. The van der Waals surface area contributed by atoms with E-state index in [9.17, 15) is 9.59 Å². The number of aromatic nitrogens is 3. The fourth-order valence-electron chi connectivity index (χ4n) is 4.30. The zero-order valence-corrected chi connectivity index (χ0v) is 20.4. The van der Waals surface area contributed by atoms with Crippen LogP contribution in [0.3, 0.4) is 0 Å². The molecule has 2 heterocycles. The Morgan fingerprint density at radius 2 is 1.80 bits per heavy atom. The summed E-state index contributed by atoms with van der Waals surface area (Å²) < 4.78 is 3.59. The molecule has 0 aliphatic heterocycles. The van der Waals surface area contributed by atoms with Gasteiger partial charge in [-0.25, -0.2) is 0 Å². The van der Waals surface area contributed by atoms with Crippen LogP contribution in [0.15, 0.2) is 85.2 Å². The molecule has 1 atom stereocenters. The van der Waals surface area contributed by atoms with Crippen LogP contribution in [0.1, 0.15) is 32.8 Å². The van der Waals surface area contributed by atoms with E-state index in [0.717, 1.165) is 16.8 Å². The Labute approximate surface area is 206 Å². The minimum atomic E-state index is -0.117. The first-order valence-electron chi connectivity index (χ1n) is 11.7. The summed E-state index contributed by atoms with van der Waals surface area (Å²) in [5, 5.41) is 7.24. The average molecular weight is 470 g/mol. The maximum atomic E-state index is 13.5. The normalized spacial score (nSPS) is 11.7. The molecule has 0 fully saturated rings. The van der Waals surface area contributed by atoms with Crippen LogP contribution in [0.5, 0.6) is 0 Å². The number of hydrogen-bond acceptors (Lipinski definition) is 3. The van der Waals surface area contributed by atoms with Gasteiger partial charge < -0.3 is 14.8 Å². The van der Waals surface area contributed by atoms with Crippen molar-refractivity contribution in [3.63, 3.8) is 0 Å². The first-order chi connectivity index (χ1) is 16.9. The third kappa shape index (κ3) is 5.69. The van der Waals surface area contributed by atoms with E-state index < -0.39 is 0 Å². The Kier molecular flexibility index (Phi) is 7.45. The summed E-state index contributed by atoms with van der Waals surface area (Å²) in [5.74, 6) is -0.169. The third-order valence-electron chi connectivity index (χ3n) is 6.35. The van der Waals surface area contributed by atoms with Gasteiger partial charge in [-0.15, -0.1) is 0 Å². The smallest absolute Gasteiger partial charge is 0.267 e. The molecule has 0 saturated heterocycles. The van der Waals surface area contributed by atoms with Crippen molar-refractivity contribution in [1.29, 1.82) is 0 Å². The topological polar surface area (TPSA) is 72.2 Å². The Bertz CT molecular complexity index is 1290. The van der Waals surface area contributed by atoms with E-state index in [0.29, 0.717) is 30.6 Å². The molecule has 0 aliphatic rings. The van der Waals surface area contributed by atoms with Crippen LogP contribution in [-0.4, -0.2) is 50.7 Å². The summed E-state index contributed by atoms with van der Waals surface area (Å²) in [5.41, 5.74) is 4.28. The summed E-state index contributed by atoms with van der Waals surface area (Å²) in [6.45, 7) is 0.466. The van der Waals surface area contributed by atoms with Gasteiger partial charge in [0.05, 0.1) is 5.69 Å². The van der Waals surface area contributed by atoms with Gasteiger partial charge in [-0.05, 0) is 48.7 Å². The first kappa shape index (κ1) is 24.0. The molecule has 4 aromatic rings. The number of amides is 2. The summed E-state index contributed by atoms with van der Waals surface area (Å²) in [6.07, 6.45) is 4.92. The molecule has 1 N–H and O–H groups in total. The van der Waals surface area contributed by atoms with Crippen molar-refractivity contribution < 1.29 is 9.59 Å². The molecule has 1 unspecified atom stereocenters. The lowest BCUT2D eigenvalue weighted by Crippen LogP contribution is -2.41. The molecule has 2 aromatic carbocycles. The number of carbonyl (C=O) groups is 2. The molecule has 0 spiro atoms. The van der Waals surface area contributed by atoms with E-state index in [2.05, 4.69) is 22.5 Å². The second-order valence-corrected chi connectivity index (χ2v) is 8.73. The first-order valence-corrected chi connectivity index (χ1v) is 11.7. The van der Waals surface area contributed by atoms with E-state index >= 15 is 0 Å². The van der Waals surface area contributed by atoms with Crippen LogP contribution in [0.4, 0.5) is 0 Å². The van der Waals surface area contributed by atoms with Crippen LogP contribution >= 0.6 is 0 Å². The second-order valence-electron chi connectivity index (χ2n) is 8.73. The van der Waals surface area contributed by atoms with Gasteiger partial charge in [0, 0.05) is 57.3 Å². The fraction of sp³-hybridized carbons (Fsp3) is 0.250. The largest absolute Gasteiger partial charge is 0.351 e. The highest BCUT2D eigenvalue weighted by molar-refractivity contribution is 5.95. The molecule has 2 aromatic heterocycles. The van der Waals surface area contributed by atoms with Gasteiger partial charge in [0.1, 0.15) is 5.69 Å². The maximum absolute atomic E-state index is 13.5. The highest BCUT2D eigenvalue weighted by atomic mass is 16.2. The zero-order valence-electron chi connectivity index (χ0n) is 20.4. The monoisotopic (exact) mass is 469 g/mol. The van der Waals surface area contributed by atoms with Crippen molar-refractivity contribution in [1.82, 2.24) is 24.6 Å². The van der Waals surface area contributed by atoms with Gasteiger partial charge in [-0.2, -0.15) is 5.10 Å². The highest BCUT2D eigenvalue weighted by Gasteiger charge is 2.22. The standard InChI is InChI=1S/C28H31N5O2/c1-31-18-8-13-26(31)27(34)29-16-14-24(19-21-9-5-4-6-10-21)32(2)28(35)23-12-7-11-22(20-23)25-15-17-30-33(25)3/h4-13,15,17-18,20,24H,14,16,19H2,1-3H3,(H,29,34). The Balaban J connectivity index is 1.50. The van der Waals surface area contributed by atoms with Crippen LogP contribution in [0, 0.1) is 0 Å². The number of nitrogens with zero attached hydrogens (tertiary/aromatic N) is 4.